The molecule has 0 spiro atoms. The first kappa shape index (κ1) is 19.8. The summed E-state index contributed by atoms with van der Waals surface area (Å²) in [6.07, 6.45) is 1.40. The van der Waals surface area contributed by atoms with E-state index in [1.54, 1.807) is 18.2 Å². The van der Waals surface area contributed by atoms with E-state index < -0.39 is 17.6 Å². The number of carbonyl (C=O) groups excluding carboxylic acids is 2. The van der Waals surface area contributed by atoms with Crippen LogP contribution in [0.2, 0.25) is 0 Å². The largest absolute Gasteiger partial charge is 0.489 e. The number of hydrogen-bond acceptors (Lipinski definition) is 4. The van der Waals surface area contributed by atoms with E-state index in [0.717, 1.165) is 5.56 Å². The number of hydrazone groups is 1. The number of rotatable bonds is 6. The molecule has 29 heavy (non-hydrogen) atoms. The third kappa shape index (κ3) is 6.28. The highest BCUT2D eigenvalue weighted by Gasteiger charge is 2.12. The van der Waals surface area contributed by atoms with E-state index in [1.165, 1.54) is 30.5 Å². The van der Waals surface area contributed by atoms with Gasteiger partial charge in [0, 0.05) is 5.69 Å². The van der Waals surface area contributed by atoms with Crippen molar-refractivity contribution >= 4 is 23.7 Å². The number of amides is 2. The fourth-order valence-corrected chi connectivity index (χ4v) is 2.36. The highest BCUT2D eigenvalue weighted by atomic mass is 19.1. The molecule has 3 rings (SSSR count). The maximum atomic E-state index is 12.9. The van der Waals surface area contributed by atoms with Crippen molar-refractivity contribution in [2.75, 3.05) is 5.32 Å². The molecule has 0 bridgehead atoms. The maximum absolute atomic E-state index is 12.9. The van der Waals surface area contributed by atoms with E-state index in [1.807, 2.05) is 36.4 Å². The third-order valence-corrected chi connectivity index (χ3v) is 3.79. The number of halogens is 1. The van der Waals surface area contributed by atoms with Gasteiger partial charge in [-0.1, -0.05) is 42.5 Å². The average Bonchev–Trinajstić information content (AvgIpc) is 2.75. The fourth-order valence-electron chi connectivity index (χ4n) is 2.36. The molecule has 2 N–H and O–H groups in total. The molecule has 0 saturated carbocycles. The predicted molar refractivity (Wildman–Crippen MR) is 108 cm³/mol. The van der Waals surface area contributed by atoms with E-state index in [2.05, 4.69) is 15.8 Å². The minimum absolute atomic E-state index is 0.304. The molecule has 0 aliphatic carbocycles. The Morgan fingerprint density at radius 2 is 1.69 bits per heavy atom. The van der Waals surface area contributed by atoms with Crippen LogP contribution in [0.3, 0.4) is 0 Å². The lowest BCUT2D eigenvalue weighted by molar-refractivity contribution is -0.136. The Morgan fingerprint density at radius 1 is 0.931 bits per heavy atom. The first-order valence-corrected chi connectivity index (χ1v) is 8.77. The van der Waals surface area contributed by atoms with Gasteiger partial charge in [0.2, 0.25) is 0 Å². The number of carbonyl (C=O) groups is 2. The molecule has 7 heteroatoms. The van der Waals surface area contributed by atoms with Crippen LogP contribution in [0.15, 0.2) is 84.0 Å². The quantitative estimate of drug-likeness (QED) is 0.383. The molecule has 146 valence electrons. The lowest BCUT2D eigenvalue weighted by atomic mass is 10.2. The van der Waals surface area contributed by atoms with Gasteiger partial charge in [0.05, 0.1) is 6.21 Å². The summed E-state index contributed by atoms with van der Waals surface area (Å²) in [5.74, 6) is -1.64. The van der Waals surface area contributed by atoms with Crippen molar-refractivity contribution < 1.29 is 18.7 Å². The molecule has 0 aliphatic rings. The van der Waals surface area contributed by atoms with Gasteiger partial charge in [-0.15, -0.1) is 0 Å². The number of nitrogens with one attached hydrogen (secondary N) is 2. The van der Waals surface area contributed by atoms with Crippen molar-refractivity contribution in [3.63, 3.8) is 0 Å². The molecular weight excluding hydrogens is 373 g/mol. The normalized spacial score (nSPS) is 10.5. The van der Waals surface area contributed by atoms with Gasteiger partial charge in [-0.25, -0.2) is 9.82 Å². The molecule has 0 aliphatic heterocycles. The topological polar surface area (TPSA) is 79.8 Å². The fraction of sp³-hybridized carbons (Fsp3) is 0.0455. The van der Waals surface area contributed by atoms with Crippen molar-refractivity contribution in [3.8, 4) is 5.75 Å². The summed E-state index contributed by atoms with van der Waals surface area (Å²) < 4.78 is 18.6. The standard InChI is InChI=1S/C22H18FN3O3/c23-18-9-11-19(12-10-18)25-21(27)22(28)26-24-14-17-7-4-8-20(13-17)29-15-16-5-2-1-3-6-16/h1-14H,15H2,(H,25,27)(H,26,28)/b24-14-. The van der Waals surface area contributed by atoms with E-state index in [-0.39, 0.29) is 0 Å². The lowest BCUT2D eigenvalue weighted by Crippen LogP contribution is -2.32. The van der Waals surface area contributed by atoms with Crippen LogP contribution in [0.1, 0.15) is 11.1 Å². The zero-order chi connectivity index (χ0) is 20.5. The Kier molecular flexibility index (Phi) is 6.67. The van der Waals surface area contributed by atoms with Gasteiger partial charge in [0.1, 0.15) is 18.2 Å². The van der Waals surface area contributed by atoms with Crippen LogP contribution in [0.5, 0.6) is 5.75 Å². The summed E-state index contributed by atoms with van der Waals surface area (Å²) in [5.41, 5.74) is 4.18. The van der Waals surface area contributed by atoms with Crippen LogP contribution in [0.25, 0.3) is 0 Å². The molecule has 0 heterocycles. The van der Waals surface area contributed by atoms with E-state index in [0.29, 0.717) is 23.6 Å². The molecule has 0 radical (unpaired) electrons. The third-order valence-electron chi connectivity index (χ3n) is 3.79. The zero-order valence-electron chi connectivity index (χ0n) is 15.3. The SMILES string of the molecule is O=C(N/N=C\c1cccc(OCc2ccccc2)c1)C(=O)Nc1ccc(F)cc1. The Labute approximate surface area is 167 Å². The highest BCUT2D eigenvalue weighted by Crippen LogP contribution is 2.14. The van der Waals surface area contributed by atoms with Gasteiger partial charge in [-0.3, -0.25) is 9.59 Å². The summed E-state index contributed by atoms with van der Waals surface area (Å²) in [6.45, 7) is 0.432. The average molecular weight is 391 g/mol. The predicted octanol–water partition coefficient (Wildman–Crippen LogP) is 3.49. The first-order valence-electron chi connectivity index (χ1n) is 8.77. The second-order valence-electron chi connectivity index (χ2n) is 6.01. The molecule has 6 nitrogen and oxygen atoms in total. The van der Waals surface area contributed by atoms with Crippen molar-refractivity contribution in [1.29, 1.82) is 0 Å². The van der Waals surface area contributed by atoms with E-state index in [9.17, 15) is 14.0 Å². The Morgan fingerprint density at radius 3 is 2.45 bits per heavy atom. The number of benzene rings is 3. The van der Waals surface area contributed by atoms with Gasteiger partial charge < -0.3 is 10.1 Å². The Bertz CT molecular complexity index is 1010. The molecular formula is C22H18FN3O3. The molecule has 3 aromatic carbocycles. The molecule has 0 atom stereocenters. The number of ether oxygens (including phenoxy) is 1. The van der Waals surface area contributed by atoms with Crippen LogP contribution in [-0.4, -0.2) is 18.0 Å². The molecule has 0 aromatic heterocycles. The number of nitrogens with zero attached hydrogens (tertiary/aromatic N) is 1. The van der Waals surface area contributed by atoms with Crippen LogP contribution in [0, 0.1) is 5.82 Å². The highest BCUT2D eigenvalue weighted by molar-refractivity contribution is 6.39. The van der Waals surface area contributed by atoms with E-state index in [4.69, 9.17) is 4.74 Å². The van der Waals surface area contributed by atoms with Gasteiger partial charge >= 0.3 is 11.8 Å². The zero-order valence-corrected chi connectivity index (χ0v) is 15.3. The van der Waals surface area contributed by atoms with Crippen molar-refractivity contribution in [1.82, 2.24) is 5.43 Å². The molecule has 0 unspecified atom stereocenters. The molecule has 0 saturated heterocycles. The molecule has 0 fully saturated rings. The minimum Gasteiger partial charge on any atom is -0.489 e. The van der Waals surface area contributed by atoms with Gasteiger partial charge in [-0.05, 0) is 47.5 Å². The number of anilines is 1. The summed E-state index contributed by atoms with van der Waals surface area (Å²) in [4.78, 5) is 23.6. The first-order chi connectivity index (χ1) is 14.1. The summed E-state index contributed by atoms with van der Waals surface area (Å²) >= 11 is 0. The van der Waals surface area contributed by atoms with Gasteiger partial charge in [0.25, 0.3) is 0 Å². The smallest absolute Gasteiger partial charge is 0.329 e. The van der Waals surface area contributed by atoms with Crippen molar-refractivity contribution in [2.45, 2.75) is 6.61 Å². The van der Waals surface area contributed by atoms with Gasteiger partial charge in [0.15, 0.2) is 0 Å². The van der Waals surface area contributed by atoms with Crippen LogP contribution in [0.4, 0.5) is 10.1 Å². The maximum Gasteiger partial charge on any atom is 0.329 e. The number of hydrogen-bond donors (Lipinski definition) is 2. The second-order valence-corrected chi connectivity index (χ2v) is 6.01. The monoisotopic (exact) mass is 391 g/mol. The molecule has 2 amide bonds. The minimum atomic E-state index is -0.943. The second kappa shape index (κ2) is 9.80. The van der Waals surface area contributed by atoms with Crippen LogP contribution >= 0.6 is 0 Å². The van der Waals surface area contributed by atoms with Gasteiger partial charge in [-0.2, -0.15) is 5.10 Å². The Balaban J connectivity index is 1.51. The molecule has 3 aromatic rings. The summed E-state index contributed by atoms with van der Waals surface area (Å²) in [6, 6.07) is 22.0. The summed E-state index contributed by atoms with van der Waals surface area (Å²) in [5, 5.41) is 6.12. The lowest BCUT2D eigenvalue weighted by Gasteiger charge is -2.06. The van der Waals surface area contributed by atoms with E-state index >= 15 is 0 Å². The van der Waals surface area contributed by atoms with Crippen LogP contribution < -0.4 is 15.5 Å². The van der Waals surface area contributed by atoms with Crippen molar-refractivity contribution in [3.05, 3.63) is 95.8 Å². The summed E-state index contributed by atoms with van der Waals surface area (Å²) in [7, 11) is 0. The Hall–Kier alpha value is -4.00. The van der Waals surface area contributed by atoms with Crippen LogP contribution in [-0.2, 0) is 16.2 Å². The van der Waals surface area contributed by atoms with Crippen molar-refractivity contribution in [2.24, 2.45) is 5.10 Å².